The molecule has 0 fully saturated rings. The minimum atomic E-state index is -4.60. The molecule has 0 saturated heterocycles. The van der Waals surface area contributed by atoms with Crippen molar-refractivity contribution in [2.45, 2.75) is 31.6 Å². The Morgan fingerprint density at radius 1 is 1.21 bits per heavy atom. The summed E-state index contributed by atoms with van der Waals surface area (Å²) < 4.78 is 36.0. The van der Waals surface area contributed by atoms with Gasteiger partial charge in [0.2, 0.25) is 0 Å². The van der Waals surface area contributed by atoms with E-state index in [2.05, 4.69) is 5.32 Å². The van der Waals surface area contributed by atoms with Crippen LogP contribution < -0.4 is 16.5 Å². The fourth-order valence-electron chi connectivity index (χ4n) is 1.72. The van der Waals surface area contributed by atoms with E-state index in [1.807, 2.05) is 5.92 Å². The molecule has 9 heteroatoms. The molecule has 1 rings (SSSR count). The Kier molecular flexibility index (Phi) is 5.95. The molecule has 2 amide bonds. The number of alkyl halides is 3. The molecule has 1 aromatic rings. The first-order chi connectivity index (χ1) is 10.9. The minimum absolute atomic E-state index is 0.0766. The smallest absolute Gasteiger partial charge is 0.338 e. The number of nitrogens with one attached hydrogen (secondary N) is 2. The minimum Gasteiger partial charge on any atom is -0.338 e. The summed E-state index contributed by atoms with van der Waals surface area (Å²) in [6.45, 7) is 2.95. The van der Waals surface area contributed by atoms with Gasteiger partial charge in [-0.3, -0.25) is 14.8 Å². The average Bonchev–Trinajstić information content (AvgIpc) is 2.48. The van der Waals surface area contributed by atoms with Gasteiger partial charge in [-0.15, -0.1) is 0 Å². The predicted molar refractivity (Wildman–Crippen MR) is 78.8 cm³/mol. The molecule has 0 aliphatic carbocycles. The monoisotopic (exact) mass is 343 g/mol. The highest BCUT2D eigenvalue weighted by molar-refractivity contribution is 5.97. The first kappa shape index (κ1) is 19.5. The van der Waals surface area contributed by atoms with E-state index < -0.39 is 29.6 Å². The lowest BCUT2D eigenvalue weighted by Crippen LogP contribution is -2.61. The van der Waals surface area contributed by atoms with Crippen LogP contribution in [0.25, 0.3) is 0 Å². The van der Waals surface area contributed by atoms with E-state index in [0.29, 0.717) is 0 Å². The van der Waals surface area contributed by atoms with E-state index in [1.54, 1.807) is 0 Å². The summed E-state index contributed by atoms with van der Waals surface area (Å²) in [6.07, 6.45) is -4.60. The molecule has 6 nitrogen and oxygen atoms in total. The van der Waals surface area contributed by atoms with E-state index in [0.717, 1.165) is 5.92 Å². The first-order valence-corrected chi connectivity index (χ1v) is 6.67. The highest BCUT2D eigenvalue weighted by Crippen LogP contribution is 2.13. The van der Waals surface area contributed by atoms with Crippen molar-refractivity contribution in [2.24, 2.45) is 5.73 Å². The molecule has 0 bridgehead atoms. The number of carbonyl (C=O) groups is 2. The van der Waals surface area contributed by atoms with Crippen LogP contribution in [0.5, 0.6) is 0 Å². The quantitative estimate of drug-likeness (QED) is 0.371. The second-order valence-corrected chi connectivity index (χ2v) is 5.53. The number of nitrogens with two attached hydrogens (primary N) is 1. The normalized spacial score (nSPS) is 12.6. The topological polar surface area (TPSA) is 104 Å². The fraction of sp³-hybridized carbons (Fsp3) is 0.333. The molecule has 0 heterocycles. The summed E-state index contributed by atoms with van der Waals surface area (Å²) in [6, 6.07) is 3.77. The van der Waals surface area contributed by atoms with E-state index in [4.69, 9.17) is 10.9 Å². The third kappa shape index (κ3) is 5.91. The molecule has 1 atom stereocenters. The van der Waals surface area contributed by atoms with Crippen molar-refractivity contribution >= 4 is 11.8 Å². The standard InChI is InChI=1S/C15H16F3N3O3/c1-14(2,19)11(13(23)21-24)20-12(22)10-5-3-9(4-6-10)7-8-15(16,17)18/h3-6,11,24H,19H2,1-2H3,(H,20,22)(H,21,23)/t11-/m1/s1. The Balaban J connectivity index is 2.91. The van der Waals surface area contributed by atoms with Crippen LogP contribution in [0, 0.1) is 11.8 Å². The lowest BCUT2D eigenvalue weighted by molar-refractivity contribution is -0.132. The number of hydrogen-bond acceptors (Lipinski definition) is 4. The molecular weight excluding hydrogens is 327 g/mol. The zero-order valence-corrected chi connectivity index (χ0v) is 12.9. The highest BCUT2D eigenvalue weighted by atomic mass is 19.4. The van der Waals surface area contributed by atoms with E-state index in [1.165, 1.54) is 43.6 Å². The van der Waals surface area contributed by atoms with E-state index >= 15 is 0 Å². The molecule has 0 aliphatic heterocycles. The Hall–Kier alpha value is -2.57. The lowest BCUT2D eigenvalue weighted by atomic mass is 9.95. The van der Waals surface area contributed by atoms with Crippen molar-refractivity contribution < 1.29 is 28.0 Å². The fourth-order valence-corrected chi connectivity index (χ4v) is 1.72. The van der Waals surface area contributed by atoms with E-state index in [9.17, 15) is 22.8 Å². The van der Waals surface area contributed by atoms with Crippen LogP contribution in [0.3, 0.4) is 0 Å². The molecule has 0 aliphatic rings. The van der Waals surface area contributed by atoms with Crippen molar-refractivity contribution in [2.75, 3.05) is 0 Å². The number of benzene rings is 1. The average molecular weight is 343 g/mol. The van der Waals surface area contributed by atoms with Gasteiger partial charge in [-0.05, 0) is 38.1 Å². The van der Waals surface area contributed by atoms with Gasteiger partial charge in [0.05, 0.1) is 0 Å². The number of rotatable bonds is 4. The van der Waals surface area contributed by atoms with Gasteiger partial charge in [-0.1, -0.05) is 5.92 Å². The van der Waals surface area contributed by atoms with Crippen LogP contribution in [0.15, 0.2) is 24.3 Å². The SMILES string of the molecule is CC(C)(N)[C@H](NC(=O)c1ccc(C#CC(F)(F)F)cc1)C(=O)NO. The Bertz CT molecular complexity index is 668. The second-order valence-electron chi connectivity index (χ2n) is 5.53. The molecule has 0 saturated carbocycles. The van der Waals surface area contributed by atoms with Gasteiger partial charge in [-0.25, -0.2) is 5.48 Å². The molecule has 5 N–H and O–H groups in total. The summed E-state index contributed by atoms with van der Waals surface area (Å²) in [5, 5.41) is 11.0. The summed E-state index contributed by atoms with van der Waals surface area (Å²) in [5.41, 5.74) is 6.19. The third-order valence-electron chi connectivity index (χ3n) is 2.89. The van der Waals surface area contributed by atoms with Gasteiger partial charge < -0.3 is 11.1 Å². The maximum atomic E-state index is 12.1. The molecule has 1 aromatic carbocycles. The molecule has 0 aromatic heterocycles. The van der Waals surface area contributed by atoms with Crippen molar-refractivity contribution in [1.29, 1.82) is 0 Å². The zero-order valence-electron chi connectivity index (χ0n) is 12.9. The summed E-state index contributed by atoms with van der Waals surface area (Å²) in [4.78, 5) is 23.7. The number of hydrogen-bond donors (Lipinski definition) is 4. The van der Waals surface area contributed by atoms with E-state index in [-0.39, 0.29) is 11.1 Å². The zero-order chi connectivity index (χ0) is 18.5. The predicted octanol–water partition coefficient (Wildman–Crippen LogP) is 0.942. The maximum Gasteiger partial charge on any atom is 0.458 e. The van der Waals surface area contributed by atoms with Crippen LogP contribution in [0.4, 0.5) is 13.2 Å². The van der Waals surface area contributed by atoms with Crippen LogP contribution in [0.1, 0.15) is 29.8 Å². The van der Waals surface area contributed by atoms with Gasteiger partial charge in [0, 0.05) is 22.6 Å². The Morgan fingerprint density at radius 2 is 1.75 bits per heavy atom. The van der Waals surface area contributed by atoms with Gasteiger partial charge >= 0.3 is 6.18 Å². The molecule has 24 heavy (non-hydrogen) atoms. The van der Waals surface area contributed by atoms with Crippen LogP contribution >= 0.6 is 0 Å². The summed E-state index contributed by atoms with van der Waals surface area (Å²) in [5.74, 6) is 1.45. The Labute approximate surface area is 136 Å². The van der Waals surface area contributed by atoms with Crippen LogP contribution in [-0.4, -0.2) is 34.8 Å². The Morgan fingerprint density at radius 3 is 2.17 bits per heavy atom. The number of amides is 2. The first-order valence-electron chi connectivity index (χ1n) is 6.67. The van der Waals surface area contributed by atoms with Crippen molar-refractivity contribution in [3.63, 3.8) is 0 Å². The number of halogens is 3. The number of hydroxylamine groups is 1. The van der Waals surface area contributed by atoms with Crippen molar-refractivity contribution in [3.05, 3.63) is 35.4 Å². The summed E-state index contributed by atoms with van der Waals surface area (Å²) in [7, 11) is 0. The largest absolute Gasteiger partial charge is 0.458 e. The van der Waals surface area contributed by atoms with Gasteiger partial charge in [0.1, 0.15) is 6.04 Å². The van der Waals surface area contributed by atoms with Gasteiger partial charge in [0.15, 0.2) is 0 Å². The maximum absolute atomic E-state index is 12.1. The van der Waals surface area contributed by atoms with Gasteiger partial charge in [-0.2, -0.15) is 13.2 Å². The molecular formula is C15H16F3N3O3. The van der Waals surface area contributed by atoms with Crippen molar-refractivity contribution in [3.8, 4) is 11.8 Å². The van der Waals surface area contributed by atoms with Gasteiger partial charge in [0.25, 0.3) is 11.8 Å². The molecule has 0 radical (unpaired) electrons. The second kappa shape index (κ2) is 7.33. The third-order valence-corrected chi connectivity index (χ3v) is 2.89. The molecule has 0 spiro atoms. The highest BCUT2D eigenvalue weighted by Gasteiger charge is 2.33. The van der Waals surface area contributed by atoms with Crippen LogP contribution in [-0.2, 0) is 4.79 Å². The van der Waals surface area contributed by atoms with Crippen LogP contribution in [0.2, 0.25) is 0 Å². The lowest BCUT2D eigenvalue weighted by Gasteiger charge is -2.29. The number of carbonyl (C=O) groups excluding carboxylic acids is 2. The summed E-state index contributed by atoms with van der Waals surface area (Å²) >= 11 is 0. The molecule has 130 valence electrons. The molecule has 0 unspecified atom stereocenters. The van der Waals surface area contributed by atoms with Crippen molar-refractivity contribution in [1.82, 2.24) is 10.8 Å².